The minimum Gasteiger partial charge on any atom is -0.459 e. The minimum atomic E-state index is -3.54. The minimum absolute atomic E-state index is 0.245. The van der Waals surface area contributed by atoms with Gasteiger partial charge in [-0.3, -0.25) is 0 Å². The number of aryl methyl sites for hydroxylation is 4. The van der Waals surface area contributed by atoms with Gasteiger partial charge in [-0.15, -0.1) is 0 Å². The second kappa shape index (κ2) is 7.32. The molecule has 0 aliphatic carbocycles. The van der Waals surface area contributed by atoms with Crippen LogP contribution in [0.5, 0.6) is 6.01 Å². The summed E-state index contributed by atoms with van der Waals surface area (Å²) in [6, 6.07) is 7.62. The van der Waals surface area contributed by atoms with E-state index in [2.05, 4.69) is 9.97 Å². The molecule has 0 N–H and O–H groups in total. The molecule has 1 aliphatic rings. The van der Waals surface area contributed by atoms with Gasteiger partial charge in [-0.25, -0.2) is 18.4 Å². The molecular formula is C19H25N3O3S. The van der Waals surface area contributed by atoms with E-state index in [1.54, 1.807) is 6.07 Å². The van der Waals surface area contributed by atoms with Gasteiger partial charge < -0.3 is 4.74 Å². The van der Waals surface area contributed by atoms with Crippen molar-refractivity contribution < 1.29 is 13.2 Å². The Morgan fingerprint density at radius 3 is 2.42 bits per heavy atom. The SMILES string of the molecule is Cc1ccc(S(=O)(=O)N2CCCC(Oc3nc(C)cc(C)n3)C2)c(C)c1. The summed E-state index contributed by atoms with van der Waals surface area (Å²) < 4.78 is 33.5. The second-order valence-corrected chi connectivity index (χ2v) is 8.85. The van der Waals surface area contributed by atoms with Crippen molar-refractivity contribution in [1.29, 1.82) is 0 Å². The zero-order valence-corrected chi connectivity index (χ0v) is 16.5. The summed E-state index contributed by atoms with van der Waals surface area (Å²) in [6.07, 6.45) is 1.29. The third-order valence-corrected chi connectivity index (χ3v) is 6.55. The normalized spacial score (nSPS) is 18.7. The van der Waals surface area contributed by atoms with Crippen LogP contribution in [0, 0.1) is 27.7 Å². The summed E-state index contributed by atoms with van der Waals surface area (Å²) in [7, 11) is -3.54. The third kappa shape index (κ3) is 4.04. The molecule has 26 heavy (non-hydrogen) atoms. The molecule has 2 heterocycles. The van der Waals surface area contributed by atoms with Crippen LogP contribution in [0.15, 0.2) is 29.2 Å². The Kier molecular flexibility index (Phi) is 5.29. The van der Waals surface area contributed by atoms with Crippen molar-refractivity contribution in [3.8, 4) is 6.01 Å². The van der Waals surface area contributed by atoms with E-state index in [4.69, 9.17) is 4.74 Å². The van der Waals surface area contributed by atoms with Gasteiger partial charge in [0.1, 0.15) is 6.10 Å². The predicted molar refractivity (Wildman–Crippen MR) is 99.8 cm³/mol. The molecule has 140 valence electrons. The summed E-state index contributed by atoms with van der Waals surface area (Å²) in [5.74, 6) is 0. The van der Waals surface area contributed by atoms with Crippen molar-refractivity contribution in [3.63, 3.8) is 0 Å². The Bertz CT molecular complexity index is 892. The molecule has 1 unspecified atom stereocenters. The lowest BCUT2D eigenvalue weighted by molar-refractivity contribution is 0.118. The van der Waals surface area contributed by atoms with E-state index in [-0.39, 0.29) is 6.10 Å². The summed E-state index contributed by atoms with van der Waals surface area (Å²) in [4.78, 5) is 8.96. The lowest BCUT2D eigenvalue weighted by atomic mass is 10.1. The molecule has 1 fully saturated rings. The Balaban J connectivity index is 1.79. The van der Waals surface area contributed by atoms with E-state index < -0.39 is 10.0 Å². The molecule has 7 heteroatoms. The van der Waals surface area contributed by atoms with Gasteiger partial charge in [0.25, 0.3) is 0 Å². The first kappa shape index (κ1) is 18.8. The Morgan fingerprint density at radius 1 is 1.08 bits per heavy atom. The van der Waals surface area contributed by atoms with Gasteiger partial charge >= 0.3 is 6.01 Å². The van der Waals surface area contributed by atoms with E-state index in [1.807, 2.05) is 45.9 Å². The van der Waals surface area contributed by atoms with E-state index in [0.29, 0.717) is 24.0 Å². The van der Waals surface area contributed by atoms with Gasteiger partial charge in [0.15, 0.2) is 0 Å². The fraction of sp³-hybridized carbons (Fsp3) is 0.474. The van der Waals surface area contributed by atoms with E-state index in [1.165, 1.54) is 4.31 Å². The van der Waals surface area contributed by atoms with E-state index >= 15 is 0 Å². The number of sulfonamides is 1. The van der Waals surface area contributed by atoms with Crippen molar-refractivity contribution in [2.45, 2.75) is 51.5 Å². The highest BCUT2D eigenvalue weighted by atomic mass is 32.2. The predicted octanol–water partition coefficient (Wildman–Crippen LogP) is 2.94. The Hall–Kier alpha value is -1.99. The van der Waals surface area contributed by atoms with Gasteiger partial charge in [-0.2, -0.15) is 4.31 Å². The molecule has 2 aromatic rings. The molecule has 1 aromatic heterocycles. The van der Waals surface area contributed by atoms with Gasteiger partial charge in [-0.1, -0.05) is 17.7 Å². The summed E-state index contributed by atoms with van der Waals surface area (Å²) in [5, 5.41) is 0. The van der Waals surface area contributed by atoms with Crippen LogP contribution in [-0.4, -0.2) is 41.9 Å². The fourth-order valence-corrected chi connectivity index (χ4v) is 5.06. The highest BCUT2D eigenvalue weighted by Gasteiger charge is 2.32. The zero-order valence-electron chi connectivity index (χ0n) is 15.7. The van der Waals surface area contributed by atoms with Crippen LogP contribution in [0.3, 0.4) is 0 Å². The number of rotatable bonds is 4. The third-order valence-electron chi connectivity index (χ3n) is 4.52. The number of aromatic nitrogens is 2. The lowest BCUT2D eigenvalue weighted by Crippen LogP contribution is -2.44. The summed E-state index contributed by atoms with van der Waals surface area (Å²) in [5.41, 5.74) is 3.49. The van der Waals surface area contributed by atoms with Crippen molar-refractivity contribution >= 4 is 10.0 Å². The number of ether oxygens (including phenoxy) is 1. The standard InChI is InChI=1S/C19H25N3O3S/c1-13-7-8-18(14(2)10-13)26(23,24)22-9-5-6-17(12-22)25-19-20-15(3)11-16(4)21-19/h7-8,10-11,17H,5-6,9,12H2,1-4H3. The maximum atomic E-state index is 13.1. The molecule has 0 radical (unpaired) electrons. The molecule has 1 atom stereocenters. The van der Waals surface area contributed by atoms with Gasteiger partial charge in [-0.05, 0) is 58.2 Å². The largest absolute Gasteiger partial charge is 0.459 e. The van der Waals surface area contributed by atoms with E-state index in [9.17, 15) is 8.42 Å². The van der Waals surface area contributed by atoms with Gasteiger partial charge in [0.05, 0.1) is 11.4 Å². The first-order chi connectivity index (χ1) is 12.3. The maximum Gasteiger partial charge on any atom is 0.317 e. The van der Waals surface area contributed by atoms with Crippen molar-refractivity contribution in [2.24, 2.45) is 0 Å². The fourth-order valence-electron chi connectivity index (χ4n) is 3.34. The number of benzene rings is 1. The topological polar surface area (TPSA) is 72.4 Å². The molecule has 3 rings (SSSR count). The quantitative estimate of drug-likeness (QED) is 0.821. The molecular weight excluding hydrogens is 350 g/mol. The Labute approximate surface area is 155 Å². The molecule has 0 spiro atoms. The van der Waals surface area contributed by atoms with Crippen LogP contribution in [0.25, 0.3) is 0 Å². The highest BCUT2D eigenvalue weighted by molar-refractivity contribution is 7.89. The smallest absolute Gasteiger partial charge is 0.317 e. The molecule has 1 aromatic carbocycles. The van der Waals surface area contributed by atoms with Crippen molar-refractivity contribution in [2.75, 3.05) is 13.1 Å². The highest BCUT2D eigenvalue weighted by Crippen LogP contribution is 2.25. The molecule has 0 bridgehead atoms. The monoisotopic (exact) mass is 375 g/mol. The van der Waals surface area contributed by atoms with Crippen LogP contribution in [-0.2, 0) is 10.0 Å². The first-order valence-electron chi connectivity index (χ1n) is 8.82. The van der Waals surface area contributed by atoms with Crippen LogP contribution in [0.4, 0.5) is 0 Å². The Morgan fingerprint density at radius 2 is 1.77 bits per heavy atom. The van der Waals surface area contributed by atoms with Gasteiger partial charge in [0, 0.05) is 17.9 Å². The first-order valence-corrected chi connectivity index (χ1v) is 10.3. The number of hydrogen-bond donors (Lipinski definition) is 0. The van der Waals surface area contributed by atoms with Crippen LogP contribution in [0.2, 0.25) is 0 Å². The van der Waals surface area contributed by atoms with Crippen LogP contribution >= 0.6 is 0 Å². The zero-order chi connectivity index (χ0) is 18.9. The molecule has 0 saturated carbocycles. The molecule has 1 aliphatic heterocycles. The lowest BCUT2D eigenvalue weighted by Gasteiger charge is -2.32. The average molecular weight is 375 g/mol. The maximum absolute atomic E-state index is 13.1. The summed E-state index contributed by atoms with van der Waals surface area (Å²) >= 11 is 0. The van der Waals surface area contributed by atoms with Crippen molar-refractivity contribution in [1.82, 2.24) is 14.3 Å². The summed E-state index contributed by atoms with van der Waals surface area (Å²) in [6.45, 7) is 8.38. The second-order valence-electron chi connectivity index (χ2n) is 6.95. The van der Waals surface area contributed by atoms with Crippen LogP contribution in [0.1, 0.15) is 35.4 Å². The number of nitrogens with zero attached hydrogens (tertiary/aromatic N) is 3. The molecule has 6 nitrogen and oxygen atoms in total. The molecule has 1 saturated heterocycles. The van der Waals surface area contributed by atoms with Crippen LogP contribution < -0.4 is 4.74 Å². The average Bonchev–Trinajstić information content (AvgIpc) is 2.53. The molecule has 0 amide bonds. The number of piperidine rings is 1. The number of hydrogen-bond acceptors (Lipinski definition) is 5. The van der Waals surface area contributed by atoms with Crippen molar-refractivity contribution in [3.05, 3.63) is 46.8 Å². The van der Waals surface area contributed by atoms with Gasteiger partial charge in [0.2, 0.25) is 10.0 Å². The van der Waals surface area contributed by atoms with E-state index in [0.717, 1.165) is 35.4 Å².